The van der Waals surface area contributed by atoms with Crippen LogP contribution in [0.1, 0.15) is 64.2 Å². The van der Waals surface area contributed by atoms with Gasteiger partial charge in [0.15, 0.2) is 0 Å². The molecule has 2 aliphatic heterocycles. The van der Waals surface area contributed by atoms with Crippen molar-refractivity contribution in [3.05, 3.63) is 0 Å². The van der Waals surface area contributed by atoms with Gasteiger partial charge in [-0.2, -0.15) is 0 Å². The molecule has 0 amide bonds. The number of nitrogens with one attached hydrogen (secondary N) is 1. The zero-order valence-corrected chi connectivity index (χ0v) is 14.1. The zero-order valence-electron chi connectivity index (χ0n) is 14.1. The molecule has 2 heterocycles. The monoisotopic (exact) mass is 293 g/mol. The molecule has 1 N–H and O–H groups in total. The van der Waals surface area contributed by atoms with Gasteiger partial charge in [-0.1, -0.05) is 25.7 Å². The number of nitrogens with zero attached hydrogens (tertiary/aromatic N) is 2. The molecule has 0 aromatic heterocycles. The average Bonchev–Trinajstić information content (AvgIpc) is 2.55. The Kier molecular flexibility index (Phi) is 5.58. The minimum absolute atomic E-state index is 0.495. The van der Waals surface area contributed by atoms with Gasteiger partial charge in [-0.25, -0.2) is 0 Å². The Morgan fingerprint density at radius 1 is 0.905 bits per heavy atom. The van der Waals surface area contributed by atoms with Crippen molar-refractivity contribution in [2.24, 2.45) is 0 Å². The third kappa shape index (κ3) is 4.00. The van der Waals surface area contributed by atoms with E-state index in [0.717, 1.165) is 6.04 Å². The standard InChI is InChI=1S/C18H35N3/c1-20-12-8-9-17(15-20)19-16-18(10-4-2-5-11-18)21-13-6-3-7-14-21/h17,19H,2-16H2,1H3. The molecule has 1 aliphatic carbocycles. The molecule has 3 nitrogen and oxygen atoms in total. The van der Waals surface area contributed by atoms with E-state index in [2.05, 4.69) is 22.2 Å². The van der Waals surface area contributed by atoms with Crippen LogP contribution >= 0.6 is 0 Å². The number of rotatable bonds is 4. The van der Waals surface area contributed by atoms with Crippen LogP contribution in [0.2, 0.25) is 0 Å². The summed E-state index contributed by atoms with van der Waals surface area (Å²) >= 11 is 0. The van der Waals surface area contributed by atoms with Gasteiger partial charge >= 0.3 is 0 Å². The molecule has 0 radical (unpaired) electrons. The highest BCUT2D eigenvalue weighted by Crippen LogP contribution is 2.35. The molecule has 1 unspecified atom stereocenters. The highest BCUT2D eigenvalue weighted by Gasteiger charge is 2.38. The van der Waals surface area contributed by atoms with Crippen LogP contribution in [0.5, 0.6) is 0 Å². The van der Waals surface area contributed by atoms with E-state index in [1.165, 1.54) is 96.9 Å². The summed E-state index contributed by atoms with van der Waals surface area (Å²) in [6, 6.07) is 0.729. The van der Waals surface area contributed by atoms with E-state index < -0.39 is 0 Å². The molecule has 2 saturated heterocycles. The quantitative estimate of drug-likeness (QED) is 0.860. The predicted octanol–water partition coefficient (Wildman–Crippen LogP) is 2.86. The molecule has 3 heteroatoms. The first kappa shape index (κ1) is 15.8. The highest BCUT2D eigenvalue weighted by atomic mass is 15.2. The Morgan fingerprint density at radius 3 is 2.33 bits per heavy atom. The fourth-order valence-electron chi connectivity index (χ4n) is 4.85. The Hall–Kier alpha value is -0.120. The molecule has 3 aliphatic rings. The lowest BCUT2D eigenvalue weighted by Crippen LogP contribution is -2.59. The normalized spacial score (nSPS) is 32.1. The topological polar surface area (TPSA) is 18.5 Å². The van der Waals surface area contributed by atoms with Crippen LogP contribution in [0.3, 0.4) is 0 Å². The van der Waals surface area contributed by atoms with Gasteiger partial charge in [-0.3, -0.25) is 4.90 Å². The zero-order chi connectivity index (χ0) is 14.5. The van der Waals surface area contributed by atoms with Crippen LogP contribution < -0.4 is 5.32 Å². The van der Waals surface area contributed by atoms with Gasteiger partial charge in [-0.15, -0.1) is 0 Å². The molecule has 3 fully saturated rings. The lowest BCUT2D eigenvalue weighted by Gasteiger charge is -2.49. The van der Waals surface area contributed by atoms with Gasteiger partial charge in [0, 0.05) is 24.7 Å². The maximum atomic E-state index is 3.98. The maximum Gasteiger partial charge on any atom is 0.0334 e. The van der Waals surface area contributed by atoms with Crippen molar-refractivity contribution in [2.75, 3.05) is 39.8 Å². The molecule has 122 valence electrons. The van der Waals surface area contributed by atoms with Crippen LogP contribution in [-0.2, 0) is 0 Å². The van der Waals surface area contributed by atoms with E-state index in [1.54, 1.807) is 0 Å². The molecule has 21 heavy (non-hydrogen) atoms. The first-order valence-corrected chi connectivity index (χ1v) is 9.46. The molecule has 1 atom stereocenters. The minimum Gasteiger partial charge on any atom is -0.311 e. The minimum atomic E-state index is 0.495. The van der Waals surface area contributed by atoms with E-state index >= 15 is 0 Å². The molecule has 0 spiro atoms. The van der Waals surface area contributed by atoms with Crippen molar-refractivity contribution in [1.29, 1.82) is 0 Å². The lowest BCUT2D eigenvalue weighted by molar-refractivity contribution is 0.0292. The number of hydrogen-bond donors (Lipinski definition) is 1. The molecule has 0 aromatic carbocycles. The summed E-state index contributed by atoms with van der Waals surface area (Å²) in [5.41, 5.74) is 0.495. The van der Waals surface area contributed by atoms with E-state index in [4.69, 9.17) is 0 Å². The number of piperidine rings is 2. The van der Waals surface area contributed by atoms with Gasteiger partial charge in [0.25, 0.3) is 0 Å². The third-order valence-corrected chi connectivity index (χ3v) is 6.16. The second-order valence-corrected chi connectivity index (χ2v) is 7.82. The van der Waals surface area contributed by atoms with Crippen molar-refractivity contribution in [2.45, 2.75) is 75.8 Å². The van der Waals surface area contributed by atoms with Crippen LogP contribution in [0, 0.1) is 0 Å². The average molecular weight is 293 g/mol. The summed E-state index contributed by atoms with van der Waals surface area (Å²) in [6.45, 7) is 6.48. The smallest absolute Gasteiger partial charge is 0.0334 e. The van der Waals surface area contributed by atoms with Gasteiger partial charge < -0.3 is 10.2 Å². The predicted molar refractivity (Wildman–Crippen MR) is 89.8 cm³/mol. The number of likely N-dealkylation sites (tertiary alicyclic amines) is 2. The fraction of sp³-hybridized carbons (Fsp3) is 1.00. The van der Waals surface area contributed by atoms with E-state index in [-0.39, 0.29) is 0 Å². The van der Waals surface area contributed by atoms with Gasteiger partial charge in [0.1, 0.15) is 0 Å². The van der Waals surface area contributed by atoms with Crippen LogP contribution in [0.4, 0.5) is 0 Å². The molecular formula is C18H35N3. The summed E-state index contributed by atoms with van der Waals surface area (Å²) in [7, 11) is 2.27. The van der Waals surface area contributed by atoms with Crippen molar-refractivity contribution in [3.63, 3.8) is 0 Å². The Balaban J connectivity index is 1.59. The van der Waals surface area contributed by atoms with Gasteiger partial charge in [0.05, 0.1) is 0 Å². The highest BCUT2D eigenvalue weighted by molar-refractivity contribution is 4.97. The fourth-order valence-corrected chi connectivity index (χ4v) is 4.85. The molecule has 1 saturated carbocycles. The second kappa shape index (κ2) is 7.43. The largest absolute Gasteiger partial charge is 0.311 e. The summed E-state index contributed by atoms with van der Waals surface area (Å²) in [5.74, 6) is 0. The van der Waals surface area contributed by atoms with E-state index in [9.17, 15) is 0 Å². The number of hydrogen-bond acceptors (Lipinski definition) is 3. The van der Waals surface area contributed by atoms with Crippen molar-refractivity contribution in [1.82, 2.24) is 15.1 Å². The van der Waals surface area contributed by atoms with Crippen LogP contribution in [0.15, 0.2) is 0 Å². The van der Waals surface area contributed by atoms with Crippen molar-refractivity contribution < 1.29 is 0 Å². The molecular weight excluding hydrogens is 258 g/mol. The first-order chi connectivity index (χ1) is 10.3. The summed E-state index contributed by atoms with van der Waals surface area (Å²) in [5, 5.41) is 3.98. The van der Waals surface area contributed by atoms with Crippen molar-refractivity contribution >= 4 is 0 Å². The Morgan fingerprint density at radius 2 is 1.62 bits per heavy atom. The summed E-state index contributed by atoms with van der Waals surface area (Å²) in [4.78, 5) is 5.37. The summed E-state index contributed by atoms with van der Waals surface area (Å²) in [6.07, 6.45) is 14.3. The second-order valence-electron chi connectivity index (χ2n) is 7.82. The lowest BCUT2D eigenvalue weighted by atomic mass is 9.79. The SMILES string of the molecule is CN1CCCC(NCC2(N3CCCCC3)CCCCC2)C1. The number of likely N-dealkylation sites (N-methyl/N-ethyl adjacent to an activating group) is 1. The molecule has 0 aromatic rings. The van der Waals surface area contributed by atoms with E-state index in [1.807, 2.05) is 0 Å². The Labute approximate surface area is 131 Å². The van der Waals surface area contributed by atoms with E-state index in [0.29, 0.717) is 5.54 Å². The maximum absolute atomic E-state index is 3.98. The van der Waals surface area contributed by atoms with Crippen LogP contribution in [-0.4, -0.2) is 61.2 Å². The molecule has 3 rings (SSSR count). The van der Waals surface area contributed by atoms with Crippen LogP contribution in [0.25, 0.3) is 0 Å². The Bertz CT molecular complexity index is 306. The first-order valence-electron chi connectivity index (χ1n) is 9.46. The van der Waals surface area contributed by atoms with Gasteiger partial charge in [0.2, 0.25) is 0 Å². The van der Waals surface area contributed by atoms with Crippen molar-refractivity contribution in [3.8, 4) is 0 Å². The van der Waals surface area contributed by atoms with Gasteiger partial charge in [-0.05, 0) is 65.2 Å². The summed E-state index contributed by atoms with van der Waals surface area (Å²) < 4.78 is 0. The molecule has 0 bridgehead atoms. The third-order valence-electron chi connectivity index (χ3n) is 6.16.